The van der Waals surface area contributed by atoms with Crippen LogP contribution in [-0.2, 0) is 15.8 Å². The molecule has 1 aromatic carbocycles. The summed E-state index contributed by atoms with van der Waals surface area (Å²) in [6, 6.07) is 7.08. The van der Waals surface area contributed by atoms with Gasteiger partial charge in [-0.3, -0.25) is 0 Å². The van der Waals surface area contributed by atoms with Crippen molar-refractivity contribution in [1.29, 1.82) is 0 Å². The summed E-state index contributed by atoms with van der Waals surface area (Å²) in [6.45, 7) is 0.539. The van der Waals surface area contributed by atoms with Gasteiger partial charge in [0, 0.05) is 12.1 Å². The van der Waals surface area contributed by atoms with Crippen molar-refractivity contribution in [3.05, 3.63) is 35.4 Å². The van der Waals surface area contributed by atoms with Gasteiger partial charge in [-0.1, -0.05) is 42.9 Å². The van der Waals surface area contributed by atoms with Crippen LogP contribution >= 0.6 is 12.2 Å². The van der Waals surface area contributed by atoms with Crippen LogP contribution in [0.25, 0.3) is 0 Å². The summed E-state index contributed by atoms with van der Waals surface area (Å²) < 4.78 is 26.7. The molecule has 0 radical (unpaired) electrons. The second-order valence-corrected chi connectivity index (χ2v) is 7.17. The van der Waals surface area contributed by atoms with Crippen LogP contribution in [-0.4, -0.2) is 20.0 Å². The number of hydrogen-bond donors (Lipinski definition) is 2. The lowest BCUT2D eigenvalue weighted by Gasteiger charge is -2.25. The Bertz CT molecular complexity index is 566. The minimum absolute atomic E-state index is 0.0762. The Hall–Kier alpha value is -0.980. The van der Waals surface area contributed by atoms with Gasteiger partial charge in [0.05, 0.1) is 5.75 Å². The van der Waals surface area contributed by atoms with Gasteiger partial charge in [-0.2, -0.15) is 0 Å². The number of hydrogen-bond acceptors (Lipinski definition) is 3. The van der Waals surface area contributed by atoms with Crippen LogP contribution in [0, 0.1) is 5.92 Å². The molecule has 2 rings (SSSR count). The fourth-order valence-corrected chi connectivity index (χ4v) is 3.54. The van der Waals surface area contributed by atoms with Gasteiger partial charge in [0.25, 0.3) is 0 Å². The van der Waals surface area contributed by atoms with E-state index in [-0.39, 0.29) is 10.7 Å². The fraction of sp³-hybridized carbons (Fsp3) is 0.462. The summed E-state index contributed by atoms with van der Waals surface area (Å²) in [5.41, 5.74) is 6.88. The molecule has 1 aliphatic rings. The average Bonchev–Trinajstić information content (AvgIpc) is 2.26. The number of nitrogens with two attached hydrogens (primary N) is 1. The van der Waals surface area contributed by atoms with Crippen LogP contribution in [0.4, 0.5) is 0 Å². The van der Waals surface area contributed by atoms with Gasteiger partial charge >= 0.3 is 0 Å². The molecule has 0 aromatic heterocycles. The van der Waals surface area contributed by atoms with E-state index in [0.717, 1.165) is 12.8 Å². The van der Waals surface area contributed by atoms with Crippen LogP contribution in [0.3, 0.4) is 0 Å². The predicted molar refractivity (Wildman–Crippen MR) is 80.3 cm³/mol. The van der Waals surface area contributed by atoms with Gasteiger partial charge in [0.1, 0.15) is 4.99 Å². The lowest BCUT2D eigenvalue weighted by atomic mass is 9.86. The van der Waals surface area contributed by atoms with Gasteiger partial charge in [-0.05, 0) is 24.3 Å². The molecule has 0 aliphatic heterocycles. The molecular weight excluding hydrogens is 280 g/mol. The van der Waals surface area contributed by atoms with Gasteiger partial charge in [0.15, 0.2) is 0 Å². The highest BCUT2D eigenvalue weighted by atomic mass is 32.2. The molecule has 19 heavy (non-hydrogen) atoms. The van der Waals surface area contributed by atoms with Crippen molar-refractivity contribution in [1.82, 2.24) is 4.72 Å². The zero-order valence-electron chi connectivity index (χ0n) is 10.6. The molecule has 0 spiro atoms. The summed E-state index contributed by atoms with van der Waals surface area (Å²) in [5.74, 6) is 0.424. The van der Waals surface area contributed by atoms with E-state index in [0.29, 0.717) is 23.6 Å². The third kappa shape index (κ3) is 3.99. The zero-order valence-corrected chi connectivity index (χ0v) is 12.3. The fourth-order valence-electron chi connectivity index (χ4n) is 2.08. The predicted octanol–water partition coefficient (Wildman–Crippen LogP) is 1.54. The van der Waals surface area contributed by atoms with Crippen molar-refractivity contribution in [2.45, 2.75) is 25.0 Å². The Morgan fingerprint density at radius 1 is 1.37 bits per heavy atom. The minimum atomic E-state index is -3.33. The van der Waals surface area contributed by atoms with Gasteiger partial charge in [-0.15, -0.1) is 0 Å². The van der Waals surface area contributed by atoms with Crippen LogP contribution in [0.1, 0.15) is 30.4 Å². The number of sulfonamides is 1. The molecule has 104 valence electrons. The maximum absolute atomic E-state index is 12.0. The van der Waals surface area contributed by atoms with Gasteiger partial charge < -0.3 is 5.73 Å². The van der Waals surface area contributed by atoms with Crippen molar-refractivity contribution in [3.63, 3.8) is 0 Å². The van der Waals surface area contributed by atoms with E-state index in [1.54, 1.807) is 24.3 Å². The smallest absolute Gasteiger partial charge is 0.215 e. The summed E-state index contributed by atoms with van der Waals surface area (Å²) >= 11 is 4.94. The normalized spacial score (nSPS) is 16.0. The second kappa shape index (κ2) is 5.98. The Balaban J connectivity index is 2.04. The first-order valence-electron chi connectivity index (χ1n) is 6.33. The average molecular weight is 298 g/mol. The Labute approximate surface area is 119 Å². The van der Waals surface area contributed by atoms with Gasteiger partial charge in [0.2, 0.25) is 10.0 Å². The molecule has 3 N–H and O–H groups in total. The van der Waals surface area contributed by atoms with E-state index >= 15 is 0 Å². The quantitative estimate of drug-likeness (QED) is 0.782. The molecule has 0 heterocycles. The molecule has 0 atom stereocenters. The highest BCUT2D eigenvalue weighted by Gasteiger charge is 2.21. The Morgan fingerprint density at radius 2 is 2.05 bits per heavy atom. The number of rotatable bonds is 6. The highest BCUT2D eigenvalue weighted by Crippen LogP contribution is 2.25. The van der Waals surface area contributed by atoms with Gasteiger partial charge in [-0.25, -0.2) is 13.1 Å². The Morgan fingerprint density at radius 3 is 2.63 bits per heavy atom. The molecule has 1 aromatic rings. The molecule has 4 nitrogen and oxygen atoms in total. The van der Waals surface area contributed by atoms with Crippen LogP contribution in [0.15, 0.2) is 24.3 Å². The van der Waals surface area contributed by atoms with Crippen molar-refractivity contribution >= 4 is 27.2 Å². The monoisotopic (exact) mass is 298 g/mol. The van der Waals surface area contributed by atoms with Crippen molar-refractivity contribution in [2.75, 3.05) is 6.54 Å². The number of thiocarbonyl (C=S) groups is 1. The van der Waals surface area contributed by atoms with E-state index in [2.05, 4.69) is 4.72 Å². The third-order valence-corrected chi connectivity index (χ3v) is 4.96. The maximum atomic E-state index is 12.0. The summed E-state index contributed by atoms with van der Waals surface area (Å²) in [6.07, 6.45) is 3.44. The molecule has 1 saturated carbocycles. The summed E-state index contributed by atoms with van der Waals surface area (Å²) in [5, 5.41) is 0. The van der Waals surface area contributed by atoms with E-state index in [9.17, 15) is 8.42 Å². The topological polar surface area (TPSA) is 72.2 Å². The van der Waals surface area contributed by atoms with Crippen LogP contribution < -0.4 is 10.5 Å². The number of benzene rings is 1. The van der Waals surface area contributed by atoms with Crippen molar-refractivity contribution < 1.29 is 8.42 Å². The second-order valence-electron chi connectivity index (χ2n) is 4.93. The largest absolute Gasteiger partial charge is 0.389 e. The maximum Gasteiger partial charge on any atom is 0.215 e. The van der Waals surface area contributed by atoms with E-state index in [1.807, 2.05) is 0 Å². The first-order chi connectivity index (χ1) is 8.98. The Kier molecular flexibility index (Phi) is 4.54. The molecule has 0 saturated heterocycles. The molecule has 0 bridgehead atoms. The SMILES string of the molecule is NC(=S)c1ccccc1CS(=O)(=O)NCC1CCC1. The highest BCUT2D eigenvalue weighted by molar-refractivity contribution is 7.88. The summed E-state index contributed by atoms with van der Waals surface area (Å²) in [4.78, 5) is 0.227. The summed E-state index contributed by atoms with van der Waals surface area (Å²) in [7, 11) is -3.33. The van der Waals surface area contributed by atoms with E-state index < -0.39 is 10.0 Å². The van der Waals surface area contributed by atoms with Crippen molar-refractivity contribution in [3.8, 4) is 0 Å². The van der Waals surface area contributed by atoms with E-state index in [1.165, 1.54) is 6.42 Å². The molecule has 0 amide bonds. The number of nitrogens with one attached hydrogen (secondary N) is 1. The first kappa shape index (κ1) is 14.4. The molecule has 6 heteroatoms. The van der Waals surface area contributed by atoms with E-state index in [4.69, 9.17) is 18.0 Å². The van der Waals surface area contributed by atoms with Crippen LogP contribution in [0.5, 0.6) is 0 Å². The lowest BCUT2D eigenvalue weighted by Crippen LogP contribution is -2.33. The van der Waals surface area contributed by atoms with Crippen LogP contribution in [0.2, 0.25) is 0 Å². The molecule has 1 aliphatic carbocycles. The van der Waals surface area contributed by atoms with Crippen molar-refractivity contribution in [2.24, 2.45) is 11.7 Å². The molecular formula is C13H18N2O2S2. The molecule has 0 unspecified atom stereocenters. The molecule has 1 fully saturated rings. The lowest BCUT2D eigenvalue weighted by molar-refractivity contribution is 0.316. The first-order valence-corrected chi connectivity index (χ1v) is 8.39. The third-order valence-electron chi connectivity index (χ3n) is 3.45. The zero-order chi connectivity index (χ0) is 13.9. The minimum Gasteiger partial charge on any atom is -0.389 e. The standard InChI is InChI=1S/C13H18N2O2S2/c14-13(18)12-7-2-1-6-11(12)9-19(16,17)15-8-10-4-3-5-10/h1-2,6-7,10,15H,3-5,8-9H2,(H2,14,18).